The van der Waals surface area contributed by atoms with Crippen molar-refractivity contribution in [1.82, 2.24) is 4.31 Å². The number of rotatable bonds is 9. The van der Waals surface area contributed by atoms with Crippen LogP contribution in [0.15, 0.2) is 41.3 Å². The third kappa shape index (κ3) is 4.43. The molecule has 0 heterocycles. The Morgan fingerprint density at radius 3 is 2.19 bits per heavy atom. The molecule has 0 saturated heterocycles. The second kappa shape index (κ2) is 9.56. The smallest absolute Gasteiger partial charge is 0.243 e. The predicted octanol–water partition coefficient (Wildman–Crippen LogP) is 3.56. The molecule has 0 bridgehead atoms. The standard InChI is InChI=1S/C23H31NO6S/c1-15-7-9-17(10-8-15)31(25,26)24(14-21(28-4)29-5)22-16(2)13-19-18(22)11-12-20(27-3)23(19)30-6/h7-12,16,21-22H,13-14H2,1-6H3/t16-,22+/m1/s1. The normalized spacial score (nSPS) is 18.5. The fourth-order valence-electron chi connectivity index (χ4n) is 4.27. The zero-order valence-electron chi connectivity index (χ0n) is 18.9. The fourth-order valence-corrected chi connectivity index (χ4v) is 5.96. The van der Waals surface area contributed by atoms with Crippen LogP contribution < -0.4 is 9.47 Å². The quantitative estimate of drug-likeness (QED) is 0.545. The lowest BCUT2D eigenvalue weighted by Crippen LogP contribution is -2.42. The highest BCUT2D eigenvalue weighted by Crippen LogP contribution is 2.48. The first-order valence-corrected chi connectivity index (χ1v) is 11.6. The molecule has 7 nitrogen and oxygen atoms in total. The Kier molecular flexibility index (Phi) is 7.26. The van der Waals surface area contributed by atoms with Crippen molar-refractivity contribution in [1.29, 1.82) is 0 Å². The molecule has 1 aliphatic rings. The summed E-state index contributed by atoms with van der Waals surface area (Å²) in [5, 5.41) is 0. The zero-order chi connectivity index (χ0) is 22.8. The lowest BCUT2D eigenvalue weighted by atomic mass is 10.0. The minimum atomic E-state index is -3.83. The topological polar surface area (TPSA) is 74.3 Å². The van der Waals surface area contributed by atoms with Gasteiger partial charge in [-0.15, -0.1) is 0 Å². The molecule has 0 unspecified atom stereocenters. The number of hydrogen-bond donors (Lipinski definition) is 0. The van der Waals surface area contributed by atoms with E-state index in [0.717, 1.165) is 16.7 Å². The molecule has 0 aliphatic heterocycles. The van der Waals surface area contributed by atoms with E-state index in [0.29, 0.717) is 17.9 Å². The molecule has 1 aliphatic carbocycles. The van der Waals surface area contributed by atoms with Gasteiger partial charge in [-0.25, -0.2) is 8.42 Å². The molecule has 0 amide bonds. The van der Waals surface area contributed by atoms with E-state index in [1.54, 1.807) is 38.5 Å². The Hall–Kier alpha value is -2.13. The lowest BCUT2D eigenvalue weighted by Gasteiger charge is -2.33. The number of sulfonamides is 1. The molecular weight excluding hydrogens is 418 g/mol. The van der Waals surface area contributed by atoms with Gasteiger partial charge in [0.05, 0.1) is 31.7 Å². The van der Waals surface area contributed by atoms with E-state index in [1.807, 2.05) is 26.0 Å². The highest BCUT2D eigenvalue weighted by molar-refractivity contribution is 7.89. The van der Waals surface area contributed by atoms with Crippen LogP contribution in [0.4, 0.5) is 0 Å². The Balaban J connectivity index is 2.14. The van der Waals surface area contributed by atoms with Gasteiger partial charge in [-0.3, -0.25) is 0 Å². The average Bonchev–Trinajstić information content (AvgIpc) is 3.09. The Labute approximate surface area is 184 Å². The molecule has 170 valence electrons. The molecule has 0 saturated carbocycles. The fraction of sp³-hybridized carbons (Fsp3) is 0.478. The van der Waals surface area contributed by atoms with Gasteiger partial charge in [-0.05, 0) is 43.0 Å². The van der Waals surface area contributed by atoms with Crippen molar-refractivity contribution in [2.75, 3.05) is 35.0 Å². The first-order chi connectivity index (χ1) is 14.8. The van der Waals surface area contributed by atoms with Gasteiger partial charge in [0.2, 0.25) is 10.0 Å². The summed E-state index contributed by atoms with van der Waals surface area (Å²) in [6.07, 6.45) is -0.0260. The molecule has 3 rings (SSSR count). The first-order valence-electron chi connectivity index (χ1n) is 10.2. The average molecular weight is 450 g/mol. The minimum absolute atomic E-state index is 0.0191. The molecule has 0 spiro atoms. The SMILES string of the molecule is COc1ccc2c(c1OC)C[C@@H](C)[C@@H]2N(CC(OC)OC)S(=O)(=O)c1ccc(C)cc1. The van der Waals surface area contributed by atoms with Crippen molar-refractivity contribution in [2.24, 2.45) is 5.92 Å². The van der Waals surface area contributed by atoms with Gasteiger partial charge in [0.25, 0.3) is 0 Å². The van der Waals surface area contributed by atoms with Crippen LogP contribution in [0, 0.1) is 12.8 Å². The van der Waals surface area contributed by atoms with Gasteiger partial charge in [-0.2, -0.15) is 4.31 Å². The van der Waals surface area contributed by atoms with Crippen LogP contribution in [0.1, 0.15) is 29.7 Å². The summed E-state index contributed by atoms with van der Waals surface area (Å²) in [4.78, 5) is 0.241. The van der Waals surface area contributed by atoms with Gasteiger partial charge in [0, 0.05) is 19.8 Å². The van der Waals surface area contributed by atoms with Crippen LogP contribution in [-0.2, 0) is 25.9 Å². The molecule has 0 N–H and O–H groups in total. The van der Waals surface area contributed by atoms with Crippen molar-refractivity contribution in [3.63, 3.8) is 0 Å². The van der Waals surface area contributed by atoms with Crippen molar-refractivity contribution >= 4 is 10.0 Å². The summed E-state index contributed by atoms with van der Waals surface area (Å²) >= 11 is 0. The van der Waals surface area contributed by atoms with E-state index in [1.165, 1.54) is 18.5 Å². The molecule has 0 aromatic heterocycles. The van der Waals surface area contributed by atoms with E-state index in [-0.39, 0.29) is 17.4 Å². The van der Waals surface area contributed by atoms with Crippen molar-refractivity contribution in [3.05, 3.63) is 53.1 Å². The summed E-state index contributed by atoms with van der Waals surface area (Å²) in [5.41, 5.74) is 2.87. The molecule has 8 heteroatoms. The van der Waals surface area contributed by atoms with Crippen LogP contribution >= 0.6 is 0 Å². The van der Waals surface area contributed by atoms with Gasteiger partial charge in [0.1, 0.15) is 0 Å². The van der Waals surface area contributed by atoms with Crippen molar-refractivity contribution < 1.29 is 27.4 Å². The molecule has 2 aromatic carbocycles. The third-order valence-corrected chi connectivity index (χ3v) is 7.72. The van der Waals surface area contributed by atoms with E-state index >= 15 is 0 Å². The van der Waals surface area contributed by atoms with Gasteiger partial charge < -0.3 is 18.9 Å². The van der Waals surface area contributed by atoms with Crippen molar-refractivity contribution in [3.8, 4) is 11.5 Å². The second-order valence-corrected chi connectivity index (χ2v) is 9.67. The van der Waals surface area contributed by atoms with E-state index < -0.39 is 22.4 Å². The molecule has 31 heavy (non-hydrogen) atoms. The van der Waals surface area contributed by atoms with Gasteiger partial charge in [0.15, 0.2) is 17.8 Å². The third-order valence-electron chi connectivity index (χ3n) is 5.86. The van der Waals surface area contributed by atoms with Crippen LogP contribution in [0.25, 0.3) is 0 Å². The number of aryl methyl sites for hydroxylation is 1. The van der Waals surface area contributed by atoms with Gasteiger partial charge >= 0.3 is 0 Å². The summed E-state index contributed by atoms with van der Waals surface area (Å²) in [6.45, 7) is 4.03. The summed E-state index contributed by atoms with van der Waals surface area (Å²) < 4.78 is 50.9. The lowest BCUT2D eigenvalue weighted by molar-refractivity contribution is -0.111. The highest BCUT2D eigenvalue weighted by Gasteiger charge is 2.43. The molecular formula is C23H31NO6S. The van der Waals surface area contributed by atoms with Crippen LogP contribution in [-0.4, -0.2) is 54.0 Å². The first kappa shape index (κ1) is 23.5. The number of methoxy groups -OCH3 is 4. The van der Waals surface area contributed by atoms with Crippen molar-refractivity contribution in [2.45, 2.75) is 37.5 Å². The van der Waals surface area contributed by atoms with Crippen LogP contribution in [0.2, 0.25) is 0 Å². The number of hydrogen-bond acceptors (Lipinski definition) is 6. The number of fused-ring (bicyclic) bond motifs is 1. The monoisotopic (exact) mass is 449 g/mol. The summed E-state index contributed by atoms with van der Waals surface area (Å²) in [7, 11) is 2.38. The molecule has 2 aromatic rings. The molecule has 0 radical (unpaired) electrons. The van der Waals surface area contributed by atoms with Crippen LogP contribution in [0.3, 0.4) is 0 Å². The molecule has 2 atom stereocenters. The Morgan fingerprint density at radius 2 is 1.65 bits per heavy atom. The van der Waals surface area contributed by atoms with E-state index in [9.17, 15) is 8.42 Å². The summed E-state index contributed by atoms with van der Waals surface area (Å²) in [6, 6.07) is 10.2. The number of benzene rings is 2. The molecule has 0 fully saturated rings. The maximum absolute atomic E-state index is 13.8. The highest BCUT2D eigenvalue weighted by atomic mass is 32.2. The van der Waals surface area contributed by atoms with E-state index in [4.69, 9.17) is 18.9 Å². The predicted molar refractivity (Wildman–Crippen MR) is 118 cm³/mol. The van der Waals surface area contributed by atoms with Crippen LogP contribution in [0.5, 0.6) is 11.5 Å². The minimum Gasteiger partial charge on any atom is -0.493 e. The second-order valence-electron chi connectivity index (χ2n) is 7.78. The summed E-state index contributed by atoms with van der Waals surface area (Å²) in [5.74, 6) is 1.30. The number of ether oxygens (including phenoxy) is 4. The van der Waals surface area contributed by atoms with E-state index in [2.05, 4.69) is 0 Å². The Bertz CT molecular complexity index is 1000. The Morgan fingerprint density at radius 1 is 1.00 bits per heavy atom. The van der Waals surface area contributed by atoms with Gasteiger partial charge in [-0.1, -0.05) is 30.7 Å². The number of nitrogens with zero attached hydrogens (tertiary/aromatic N) is 1. The maximum Gasteiger partial charge on any atom is 0.243 e. The maximum atomic E-state index is 13.8. The largest absolute Gasteiger partial charge is 0.493 e. The zero-order valence-corrected chi connectivity index (χ0v) is 19.7.